The number of carbonyl (C=O) groups is 2. The van der Waals surface area contributed by atoms with Crippen LogP contribution in [0.5, 0.6) is 0 Å². The smallest absolute Gasteiger partial charge is 0.311 e. The van der Waals surface area contributed by atoms with E-state index in [2.05, 4.69) is 0 Å². The minimum Gasteiger partial charge on any atom is -0.462 e. The van der Waals surface area contributed by atoms with Crippen LogP contribution in [-0.4, -0.2) is 29.1 Å². The number of cyclic esters (lactones) is 1. The highest BCUT2D eigenvalue weighted by Crippen LogP contribution is 2.28. The van der Waals surface area contributed by atoms with E-state index in [1.807, 2.05) is 13.8 Å². The fraction of sp³-hybridized carbons (Fsp3) is 0.867. The van der Waals surface area contributed by atoms with E-state index in [0.29, 0.717) is 6.42 Å². The largest absolute Gasteiger partial charge is 0.462 e. The third-order valence-corrected chi connectivity index (χ3v) is 4.32. The van der Waals surface area contributed by atoms with Gasteiger partial charge in [-0.1, -0.05) is 20.3 Å². The van der Waals surface area contributed by atoms with Crippen LogP contribution in [0.3, 0.4) is 0 Å². The zero-order valence-corrected chi connectivity index (χ0v) is 12.4. The quantitative estimate of drug-likeness (QED) is 0.752. The van der Waals surface area contributed by atoms with Crippen molar-refractivity contribution < 1.29 is 19.4 Å². The number of ether oxygens (including phenoxy) is 1. The Balaban J connectivity index is 2.35. The van der Waals surface area contributed by atoms with Crippen LogP contribution in [-0.2, 0) is 14.3 Å². The van der Waals surface area contributed by atoms with Gasteiger partial charge in [0.05, 0.1) is 12.0 Å². The summed E-state index contributed by atoms with van der Waals surface area (Å²) in [6, 6.07) is 0. The molecule has 0 spiro atoms. The van der Waals surface area contributed by atoms with Crippen molar-refractivity contribution in [3.8, 4) is 0 Å². The molecule has 0 aromatic heterocycles. The second-order valence-corrected chi connectivity index (χ2v) is 5.99. The third-order valence-electron chi connectivity index (χ3n) is 4.32. The van der Waals surface area contributed by atoms with Crippen molar-refractivity contribution in [2.24, 2.45) is 17.8 Å². The summed E-state index contributed by atoms with van der Waals surface area (Å²) in [5, 5.41) is 9.81. The molecule has 4 nitrogen and oxygen atoms in total. The van der Waals surface area contributed by atoms with E-state index in [4.69, 9.17) is 4.74 Å². The van der Waals surface area contributed by atoms with Crippen LogP contribution in [0.25, 0.3) is 0 Å². The summed E-state index contributed by atoms with van der Waals surface area (Å²) in [6.07, 6.45) is 2.48. The lowest BCUT2D eigenvalue weighted by molar-refractivity contribution is -0.172. The third kappa shape index (κ3) is 4.60. The normalized spacial score (nSPS) is 30.6. The van der Waals surface area contributed by atoms with Crippen LogP contribution < -0.4 is 0 Å². The standard InChI is InChI=1S/C15H26O4/c1-9(12(4)16)6-5-7-10(2)14-8-13(17)11(3)15(18)19-14/h9-11,13-14,17H,5-8H2,1-4H3/t9-,10-,11+,13+,14-/m0/s1. The average Bonchev–Trinajstić information content (AvgIpc) is 2.34. The van der Waals surface area contributed by atoms with Gasteiger partial charge in [0.15, 0.2) is 0 Å². The average molecular weight is 270 g/mol. The van der Waals surface area contributed by atoms with E-state index >= 15 is 0 Å². The number of esters is 1. The van der Waals surface area contributed by atoms with Gasteiger partial charge in [-0.05, 0) is 32.6 Å². The van der Waals surface area contributed by atoms with Crippen LogP contribution >= 0.6 is 0 Å². The number of aliphatic hydroxyl groups excluding tert-OH is 1. The van der Waals surface area contributed by atoms with Gasteiger partial charge in [0, 0.05) is 12.3 Å². The van der Waals surface area contributed by atoms with Gasteiger partial charge in [-0.3, -0.25) is 9.59 Å². The molecule has 1 heterocycles. The summed E-state index contributed by atoms with van der Waals surface area (Å²) in [5.41, 5.74) is 0. The van der Waals surface area contributed by atoms with Gasteiger partial charge in [-0.2, -0.15) is 0 Å². The van der Waals surface area contributed by atoms with Crippen molar-refractivity contribution in [3.05, 3.63) is 0 Å². The van der Waals surface area contributed by atoms with E-state index in [1.165, 1.54) is 0 Å². The molecular formula is C15H26O4. The molecule has 1 aliphatic rings. The summed E-state index contributed by atoms with van der Waals surface area (Å²) < 4.78 is 5.37. The Morgan fingerprint density at radius 3 is 2.58 bits per heavy atom. The monoisotopic (exact) mass is 270 g/mol. The van der Waals surface area contributed by atoms with Crippen molar-refractivity contribution in [1.82, 2.24) is 0 Å². The van der Waals surface area contributed by atoms with Gasteiger partial charge < -0.3 is 9.84 Å². The molecule has 0 amide bonds. The van der Waals surface area contributed by atoms with E-state index < -0.39 is 12.0 Å². The fourth-order valence-corrected chi connectivity index (χ4v) is 2.39. The van der Waals surface area contributed by atoms with Gasteiger partial charge in [0.25, 0.3) is 0 Å². The molecule has 0 unspecified atom stereocenters. The number of rotatable bonds is 6. The molecule has 1 N–H and O–H groups in total. The van der Waals surface area contributed by atoms with E-state index in [1.54, 1.807) is 13.8 Å². The minimum absolute atomic E-state index is 0.103. The topological polar surface area (TPSA) is 63.6 Å². The highest BCUT2D eigenvalue weighted by atomic mass is 16.5. The predicted molar refractivity (Wildman–Crippen MR) is 72.5 cm³/mol. The molecule has 1 fully saturated rings. The van der Waals surface area contributed by atoms with Crippen LogP contribution in [0.1, 0.15) is 53.4 Å². The first-order valence-electron chi connectivity index (χ1n) is 7.22. The number of Topliss-reactive ketones (excluding diaryl/α,β-unsaturated/α-hetero) is 1. The lowest BCUT2D eigenvalue weighted by Crippen LogP contribution is -2.42. The van der Waals surface area contributed by atoms with Gasteiger partial charge in [0.2, 0.25) is 0 Å². The van der Waals surface area contributed by atoms with Crippen LogP contribution in [0.2, 0.25) is 0 Å². The van der Waals surface area contributed by atoms with Gasteiger partial charge in [0.1, 0.15) is 11.9 Å². The SMILES string of the molecule is CC(=O)[C@@H](C)CCC[C@H](C)[C@@H]1C[C@@H](O)[C@@H](C)C(=O)O1. The highest BCUT2D eigenvalue weighted by Gasteiger charge is 2.36. The maximum Gasteiger partial charge on any atom is 0.311 e. The lowest BCUT2D eigenvalue weighted by atomic mass is 9.87. The Hall–Kier alpha value is -0.900. The molecule has 4 heteroatoms. The van der Waals surface area contributed by atoms with Crippen molar-refractivity contribution >= 4 is 11.8 Å². The molecule has 0 saturated carbocycles. The first-order chi connectivity index (χ1) is 8.82. The second kappa shape index (κ2) is 7.04. The Morgan fingerprint density at radius 1 is 1.42 bits per heavy atom. The molecule has 1 saturated heterocycles. The lowest BCUT2D eigenvalue weighted by Gasteiger charge is -2.33. The van der Waals surface area contributed by atoms with E-state index in [0.717, 1.165) is 19.3 Å². The maximum absolute atomic E-state index is 11.6. The summed E-state index contributed by atoms with van der Waals surface area (Å²) in [4.78, 5) is 22.7. The summed E-state index contributed by atoms with van der Waals surface area (Å²) >= 11 is 0. The van der Waals surface area contributed by atoms with E-state index in [9.17, 15) is 14.7 Å². The molecule has 0 radical (unpaired) electrons. The van der Waals surface area contributed by atoms with Crippen molar-refractivity contribution in [3.63, 3.8) is 0 Å². The summed E-state index contributed by atoms with van der Waals surface area (Å²) in [7, 11) is 0. The first kappa shape index (κ1) is 16.2. The number of carbonyl (C=O) groups excluding carboxylic acids is 2. The number of hydrogen-bond donors (Lipinski definition) is 1. The Kier molecular flexibility index (Phi) is 5.98. The molecule has 1 aliphatic heterocycles. The second-order valence-electron chi connectivity index (χ2n) is 5.99. The van der Waals surface area contributed by atoms with Crippen LogP contribution in [0, 0.1) is 17.8 Å². The minimum atomic E-state index is -0.593. The molecule has 1 rings (SSSR count). The number of hydrogen-bond acceptors (Lipinski definition) is 4. The first-order valence-corrected chi connectivity index (χ1v) is 7.22. The Labute approximate surface area is 115 Å². The van der Waals surface area contributed by atoms with E-state index in [-0.39, 0.29) is 29.7 Å². The fourth-order valence-electron chi connectivity index (χ4n) is 2.39. The van der Waals surface area contributed by atoms with Gasteiger partial charge in [-0.25, -0.2) is 0 Å². The molecule has 0 aliphatic carbocycles. The zero-order chi connectivity index (χ0) is 14.6. The summed E-state index contributed by atoms with van der Waals surface area (Å²) in [6.45, 7) is 7.30. The zero-order valence-electron chi connectivity index (χ0n) is 12.4. The Bertz CT molecular complexity index is 326. The molecule has 5 atom stereocenters. The molecule has 19 heavy (non-hydrogen) atoms. The van der Waals surface area contributed by atoms with Gasteiger partial charge in [-0.15, -0.1) is 0 Å². The van der Waals surface area contributed by atoms with Gasteiger partial charge >= 0.3 is 5.97 Å². The maximum atomic E-state index is 11.6. The molecule has 0 aromatic carbocycles. The molecule has 0 bridgehead atoms. The van der Waals surface area contributed by atoms with Crippen molar-refractivity contribution in [2.75, 3.05) is 0 Å². The number of ketones is 1. The summed E-state index contributed by atoms with van der Waals surface area (Å²) in [5.74, 6) is -0.160. The van der Waals surface area contributed by atoms with Crippen molar-refractivity contribution in [2.45, 2.75) is 65.6 Å². The Morgan fingerprint density at radius 2 is 2.05 bits per heavy atom. The van der Waals surface area contributed by atoms with Crippen LogP contribution in [0.4, 0.5) is 0 Å². The molecule has 0 aromatic rings. The highest BCUT2D eigenvalue weighted by molar-refractivity contribution is 5.77. The van der Waals surface area contributed by atoms with Crippen LogP contribution in [0.15, 0.2) is 0 Å². The number of aliphatic hydroxyl groups is 1. The van der Waals surface area contributed by atoms with Crippen molar-refractivity contribution in [1.29, 1.82) is 0 Å². The predicted octanol–water partition coefficient (Wildman–Crippen LogP) is 2.33. The molecule has 110 valence electrons. The molecular weight excluding hydrogens is 244 g/mol.